The van der Waals surface area contributed by atoms with Crippen LogP contribution in [0.25, 0.3) is 22.0 Å². The number of aryl methyl sites for hydroxylation is 1. The number of amides is 1. The molecule has 4 rings (SSSR count). The van der Waals surface area contributed by atoms with Gasteiger partial charge in [0.25, 0.3) is 5.91 Å². The predicted octanol–water partition coefficient (Wildman–Crippen LogP) is 3.58. The fourth-order valence-electron chi connectivity index (χ4n) is 3.36. The zero-order valence-corrected chi connectivity index (χ0v) is 17.0. The smallest absolute Gasteiger partial charge is 0.276 e. The number of benzene rings is 3. The van der Waals surface area contributed by atoms with Crippen LogP contribution in [0, 0.1) is 6.92 Å². The molecule has 3 aromatic carbocycles. The van der Waals surface area contributed by atoms with Crippen molar-refractivity contribution in [3.63, 3.8) is 0 Å². The van der Waals surface area contributed by atoms with Gasteiger partial charge in [-0.25, -0.2) is 13.6 Å². The number of nitrogens with one attached hydrogen (secondary N) is 2. The van der Waals surface area contributed by atoms with E-state index < -0.39 is 15.9 Å². The van der Waals surface area contributed by atoms with E-state index in [1.54, 1.807) is 18.2 Å². The van der Waals surface area contributed by atoms with Crippen molar-refractivity contribution in [3.8, 4) is 11.1 Å². The quantitative estimate of drug-likeness (QED) is 0.457. The van der Waals surface area contributed by atoms with Gasteiger partial charge in [-0.15, -0.1) is 0 Å². The zero-order valence-electron chi connectivity index (χ0n) is 16.2. The third-order valence-electron chi connectivity index (χ3n) is 4.75. The average Bonchev–Trinajstić information content (AvgIpc) is 3.13. The molecule has 0 bridgehead atoms. The standard InChI is InChI=1S/C22H20N4O3S/c1-14-7-9-19(17(11-14)13-30(23,28)29)24-22(27)21-18-12-16(8-10-20(18)25-26-21)15-5-3-2-4-6-15/h2-12H,13H2,1H3,(H,24,27)(H,25,26)(H2,23,28,29). The van der Waals surface area contributed by atoms with Gasteiger partial charge in [-0.05, 0) is 41.8 Å². The van der Waals surface area contributed by atoms with Gasteiger partial charge in [0.15, 0.2) is 5.69 Å². The van der Waals surface area contributed by atoms with Gasteiger partial charge in [0, 0.05) is 11.1 Å². The number of aromatic amines is 1. The molecule has 0 unspecified atom stereocenters. The minimum absolute atomic E-state index is 0.227. The van der Waals surface area contributed by atoms with Gasteiger partial charge in [-0.2, -0.15) is 5.10 Å². The van der Waals surface area contributed by atoms with Gasteiger partial charge in [-0.1, -0.05) is 54.1 Å². The minimum atomic E-state index is -3.75. The van der Waals surface area contributed by atoms with E-state index in [0.29, 0.717) is 16.6 Å². The maximum Gasteiger partial charge on any atom is 0.276 e. The lowest BCUT2D eigenvalue weighted by molar-refractivity contribution is 0.102. The Morgan fingerprint density at radius 2 is 1.80 bits per heavy atom. The number of anilines is 1. The molecular weight excluding hydrogens is 400 g/mol. The van der Waals surface area contributed by atoms with E-state index in [9.17, 15) is 13.2 Å². The minimum Gasteiger partial charge on any atom is -0.320 e. The van der Waals surface area contributed by atoms with Crippen LogP contribution in [0.5, 0.6) is 0 Å². The highest BCUT2D eigenvalue weighted by molar-refractivity contribution is 7.88. The summed E-state index contributed by atoms with van der Waals surface area (Å²) in [5.41, 5.74) is 4.62. The Labute approximate surface area is 174 Å². The number of hydrogen-bond acceptors (Lipinski definition) is 4. The molecule has 30 heavy (non-hydrogen) atoms. The van der Waals surface area contributed by atoms with Crippen LogP contribution in [0.2, 0.25) is 0 Å². The number of aromatic nitrogens is 2. The summed E-state index contributed by atoms with van der Waals surface area (Å²) in [5.74, 6) is -0.810. The molecule has 0 saturated carbocycles. The zero-order chi connectivity index (χ0) is 21.3. The molecule has 0 saturated heterocycles. The summed E-state index contributed by atoms with van der Waals surface area (Å²) in [5, 5.41) is 15.7. The number of carbonyl (C=O) groups is 1. The summed E-state index contributed by atoms with van der Waals surface area (Å²) in [6.07, 6.45) is 0. The summed E-state index contributed by atoms with van der Waals surface area (Å²) in [7, 11) is -3.75. The number of nitrogens with zero attached hydrogens (tertiary/aromatic N) is 1. The number of nitrogens with two attached hydrogens (primary N) is 1. The lowest BCUT2D eigenvalue weighted by Crippen LogP contribution is -2.18. The van der Waals surface area contributed by atoms with E-state index in [2.05, 4.69) is 15.5 Å². The molecule has 0 spiro atoms. The Kier molecular flexibility index (Phi) is 5.11. The van der Waals surface area contributed by atoms with Crippen LogP contribution in [0.1, 0.15) is 21.6 Å². The third-order valence-corrected chi connectivity index (χ3v) is 5.46. The molecule has 7 nitrogen and oxygen atoms in total. The van der Waals surface area contributed by atoms with Crippen molar-refractivity contribution in [3.05, 3.63) is 83.6 Å². The van der Waals surface area contributed by atoms with Crippen molar-refractivity contribution >= 4 is 32.5 Å². The van der Waals surface area contributed by atoms with E-state index >= 15 is 0 Å². The van der Waals surface area contributed by atoms with E-state index in [1.165, 1.54) is 0 Å². The maximum absolute atomic E-state index is 13.0. The molecule has 0 aliphatic heterocycles. The first kappa shape index (κ1) is 19.8. The summed E-state index contributed by atoms with van der Waals surface area (Å²) in [4.78, 5) is 13.0. The molecule has 0 aliphatic carbocycles. The highest BCUT2D eigenvalue weighted by Gasteiger charge is 2.18. The second-order valence-corrected chi connectivity index (χ2v) is 8.73. The summed E-state index contributed by atoms with van der Waals surface area (Å²) < 4.78 is 23.1. The fourth-order valence-corrected chi connectivity index (χ4v) is 4.03. The molecule has 0 fully saturated rings. The van der Waals surface area contributed by atoms with Crippen LogP contribution in [0.15, 0.2) is 66.7 Å². The number of H-pyrrole nitrogens is 1. The monoisotopic (exact) mass is 420 g/mol. The number of hydrogen-bond donors (Lipinski definition) is 3. The molecule has 0 radical (unpaired) electrons. The van der Waals surface area contributed by atoms with Gasteiger partial charge in [0.05, 0.1) is 11.3 Å². The van der Waals surface area contributed by atoms with Crippen molar-refractivity contribution in [2.45, 2.75) is 12.7 Å². The van der Waals surface area contributed by atoms with Crippen molar-refractivity contribution in [2.75, 3.05) is 5.32 Å². The Morgan fingerprint density at radius 1 is 1.03 bits per heavy atom. The highest BCUT2D eigenvalue weighted by atomic mass is 32.2. The van der Waals surface area contributed by atoms with Crippen LogP contribution in [-0.4, -0.2) is 24.5 Å². The number of rotatable bonds is 5. The van der Waals surface area contributed by atoms with Crippen LogP contribution in [0.3, 0.4) is 0 Å². The van der Waals surface area contributed by atoms with Crippen LogP contribution < -0.4 is 10.5 Å². The fraction of sp³-hybridized carbons (Fsp3) is 0.0909. The maximum atomic E-state index is 13.0. The number of primary sulfonamides is 1. The topological polar surface area (TPSA) is 118 Å². The van der Waals surface area contributed by atoms with E-state index in [-0.39, 0.29) is 11.4 Å². The molecule has 4 aromatic rings. The van der Waals surface area contributed by atoms with Crippen molar-refractivity contribution in [2.24, 2.45) is 5.14 Å². The lowest BCUT2D eigenvalue weighted by atomic mass is 10.0. The Balaban J connectivity index is 1.69. The van der Waals surface area contributed by atoms with Crippen LogP contribution in [-0.2, 0) is 15.8 Å². The number of fused-ring (bicyclic) bond motifs is 1. The summed E-state index contributed by atoms with van der Waals surface area (Å²) >= 11 is 0. The van der Waals surface area contributed by atoms with E-state index in [0.717, 1.165) is 22.2 Å². The van der Waals surface area contributed by atoms with Crippen molar-refractivity contribution in [1.29, 1.82) is 0 Å². The molecule has 0 aliphatic rings. The Morgan fingerprint density at radius 3 is 2.53 bits per heavy atom. The van der Waals surface area contributed by atoms with Gasteiger partial charge in [0.2, 0.25) is 10.0 Å². The Bertz CT molecular complexity index is 1350. The van der Waals surface area contributed by atoms with Gasteiger partial charge in [-0.3, -0.25) is 9.89 Å². The van der Waals surface area contributed by atoms with E-state index in [4.69, 9.17) is 5.14 Å². The molecule has 0 atom stereocenters. The van der Waals surface area contributed by atoms with Gasteiger partial charge < -0.3 is 5.32 Å². The molecule has 1 aromatic heterocycles. The molecular formula is C22H20N4O3S. The van der Waals surface area contributed by atoms with E-state index in [1.807, 2.05) is 55.5 Å². The molecule has 4 N–H and O–H groups in total. The molecule has 152 valence electrons. The first-order valence-electron chi connectivity index (χ1n) is 9.25. The first-order chi connectivity index (χ1) is 14.3. The van der Waals surface area contributed by atoms with Crippen molar-refractivity contribution < 1.29 is 13.2 Å². The molecule has 1 heterocycles. The molecule has 1 amide bonds. The second kappa shape index (κ2) is 7.74. The summed E-state index contributed by atoms with van der Waals surface area (Å²) in [6, 6.07) is 20.7. The van der Waals surface area contributed by atoms with Crippen molar-refractivity contribution in [1.82, 2.24) is 10.2 Å². The normalized spacial score (nSPS) is 11.5. The first-order valence-corrected chi connectivity index (χ1v) is 11.0. The van der Waals surface area contributed by atoms with Gasteiger partial charge in [0.1, 0.15) is 0 Å². The predicted molar refractivity (Wildman–Crippen MR) is 117 cm³/mol. The SMILES string of the molecule is Cc1ccc(NC(=O)c2n[nH]c3ccc(-c4ccccc4)cc23)c(CS(N)(=O)=O)c1. The van der Waals surface area contributed by atoms with Crippen LogP contribution >= 0.6 is 0 Å². The second-order valence-electron chi connectivity index (χ2n) is 7.12. The van der Waals surface area contributed by atoms with Gasteiger partial charge >= 0.3 is 0 Å². The highest BCUT2D eigenvalue weighted by Crippen LogP contribution is 2.26. The number of carbonyl (C=O) groups excluding carboxylic acids is 1. The average molecular weight is 420 g/mol. The Hall–Kier alpha value is -3.49. The number of sulfonamides is 1. The summed E-state index contributed by atoms with van der Waals surface area (Å²) in [6.45, 7) is 1.84. The lowest BCUT2D eigenvalue weighted by Gasteiger charge is -2.11. The third kappa shape index (κ3) is 4.24. The van der Waals surface area contributed by atoms with Crippen LogP contribution in [0.4, 0.5) is 5.69 Å². The molecule has 8 heteroatoms. The largest absolute Gasteiger partial charge is 0.320 e.